The predicted molar refractivity (Wildman–Crippen MR) is 37.6 cm³/mol. The molecule has 1 aromatic heterocycles. The fourth-order valence-corrected chi connectivity index (χ4v) is 1.04. The Labute approximate surface area is 58.8 Å². The first-order valence-electron chi connectivity index (χ1n) is 3.22. The molecule has 0 saturated carbocycles. The highest BCUT2D eigenvalue weighted by molar-refractivity contribution is 6.00. The average Bonchev–Trinajstić information content (AvgIpc) is 2.37. The van der Waals surface area contributed by atoms with Crippen LogP contribution in [0.1, 0.15) is 6.04 Å². The lowest BCUT2D eigenvalue weighted by atomic mass is 10.0. The Morgan fingerprint density at radius 1 is 1.30 bits per heavy atom. The van der Waals surface area contributed by atoms with E-state index in [0.717, 1.165) is 0 Å². The molecule has 2 heteroatoms. The highest BCUT2D eigenvalue weighted by Gasteiger charge is 2.20. The van der Waals surface area contributed by atoms with Crippen molar-refractivity contribution in [1.29, 1.82) is 0 Å². The number of hydrogen-bond acceptors (Lipinski definition) is 1. The summed E-state index contributed by atoms with van der Waals surface area (Å²) in [4.78, 5) is 10.8. The quantitative estimate of drug-likeness (QED) is 0.563. The number of rotatable bonds is 1. The lowest BCUT2D eigenvalue weighted by molar-refractivity contribution is -0.117. The number of carbonyl (C=O) groups excluding carboxylic acids is 1. The van der Waals surface area contributed by atoms with Gasteiger partial charge in [0, 0.05) is 12.4 Å². The molecule has 1 atom stereocenters. The van der Waals surface area contributed by atoms with Crippen molar-refractivity contribution in [2.45, 2.75) is 6.04 Å². The van der Waals surface area contributed by atoms with Crippen LogP contribution in [0.5, 0.6) is 0 Å². The van der Waals surface area contributed by atoms with Crippen molar-refractivity contribution >= 4 is 5.78 Å². The van der Waals surface area contributed by atoms with Gasteiger partial charge in [-0.3, -0.25) is 4.79 Å². The molecule has 0 spiro atoms. The monoisotopic (exact) mass is 133 g/mol. The highest BCUT2D eigenvalue weighted by Crippen LogP contribution is 2.18. The number of nitrogens with zero attached hydrogens (tertiary/aromatic N) is 1. The van der Waals surface area contributed by atoms with Gasteiger partial charge in [-0.15, -0.1) is 0 Å². The largest absolute Gasteiger partial charge is 0.340 e. The van der Waals surface area contributed by atoms with Crippen LogP contribution in [-0.2, 0) is 4.79 Å². The third kappa shape index (κ3) is 0.620. The number of carbonyl (C=O) groups is 1. The molecule has 0 N–H and O–H groups in total. The molecule has 2 nitrogen and oxygen atoms in total. The van der Waals surface area contributed by atoms with Gasteiger partial charge in [-0.1, -0.05) is 6.08 Å². The SMILES string of the molecule is O=C1C=CC1n1cccc1. The fraction of sp³-hybridized carbons (Fsp3) is 0.125. The van der Waals surface area contributed by atoms with Crippen LogP contribution in [0.3, 0.4) is 0 Å². The van der Waals surface area contributed by atoms with Crippen LogP contribution in [0.4, 0.5) is 0 Å². The van der Waals surface area contributed by atoms with Gasteiger partial charge in [-0.2, -0.15) is 0 Å². The van der Waals surface area contributed by atoms with Gasteiger partial charge in [0.05, 0.1) is 0 Å². The van der Waals surface area contributed by atoms with Crippen LogP contribution in [0, 0.1) is 0 Å². The van der Waals surface area contributed by atoms with E-state index < -0.39 is 0 Å². The molecule has 0 saturated heterocycles. The van der Waals surface area contributed by atoms with Crippen LogP contribution >= 0.6 is 0 Å². The maximum absolute atomic E-state index is 10.8. The third-order valence-electron chi connectivity index (χ3n) is 1.68. The van der Waals surface area contributed by atoms with Crippen LogP contribution in [0.15, 0.2) is 36.7 Å². The van der Waals surface area contributed by atoms with E-state index in [4.69, 9.17) is 0 Å². The molecule has 0 radical (unpaired) electrons. The number of hydrogen-bond donors (Lipinski definition) is 0. The minimum Gasteiger partial charge on any atom is -0.340 e. The number of allylic oxidation sites excluding steroid dienone is 2. The lowest BCUT2D eigenvalue weighted by Crippen LogP contribution is -2.20. The zero-order chi connectivity index (χ0) is 6.97. The maximum Gasteiger partial charge on any atom is 0.182 e. The molecule has 50 valence electrons. The summed E-state index contributed by atoms with van der Waals surface area (Å²) in [5.41, 5.74) is 0. The third-order valence-corrected chi connectivity index (χ3v) is 1.68. The lowest BCUT2D eigenvalue weighted by Gasteiger charge is -2.17. The average molecular weight is 133 g/mol. The molecule has 0 fully saturated rings. The van der Waals surface area contributed by atoms with Crippen molar-refractivity contribution in [2.24, 2.45) is 0 Å². The van der Waals surface area contributed by atoms with Crippen molar-refractivity contribution in [3.8, 4) is 0 Å². The summed E-state index contributed by atoms with van der Waals surface area (Å²) in [6, 6.07) is 3.81. The molecule has 1 unspecified atom stereocenters. The first-order valence-corrected chi connectivity index (χ1v) is 3.22. The van der Waals surface area contributed by atoms with Gasteiger partial charge in [-0.05, 0) is 18.2 Å². The van der Waals surface area contributed by atoms with Gasteiger partial charge >= 0.3 is 0 Å². The first-order chi connectivity index (χ1) is 4.88. The second-order valence-corrected chi connectivity index (χ2v) is 2.34. The summed E-state index contributed by atoms with van der Waals surface area (Å²) in [5, 5.41) is 0. The van der Waals surface area contributed by atoms with Crippen molar-refractivity contribution in [2.75, 3.05) is 0 Å². The Balaban J connectivity index is 2.31. The Kier molecular flexibility index (Phi) is 1.01. The van der Waals surface area contributed by atoms with Crippen LogP contribution in [0.2, 0.25) is 0 Å². The summed E-state index contributed by atoms with van der Waals surface area (Å²) in [7, 11) is 0. The van der Waals surface area contributed by atoms with E-state index >= 15 is 0 Å². The van der Waals surface area contributed by atoms with Crippen molar-refractivity contribution in [1.82, 2.24) is 4.57 Å². The summed E-state index contributed by atoms with van der Waals surface area (Å²) in [6.45, 7) is 0. The van der Waals surface area contributed by atoms with E-state index in [2.05, 4.69) is 0 Å². The molecule has 0 amide bonds. The van der Waals surface area contributed by atoms with Gasteiger partial charge < -0.3 is 4.57 Å². The predicted octanol–water partition coefficient (Wildman–Crippen LogP) is 1.17. The summed E-state index contributed by atoms with van der Waals surface area (Å²) >= 11 is 0. The van der Waals surface area contributed by atoms with E-state index in [1.807, 2.05) is 35.2 Å². The van der Waals surface area contributed by atoms with Gasteiger partial charge in [0.1, 0.15) is 6.04 Å². The van der Waals surface area contributed by atoms with Crippen LogP contribution in [-0.4, -0.2) is 10.4 Å². The Bertz CT molecular complexity index is 271. The van der Waals surface area contributed by atoms with Crippen LogP contribution < -0.4 is 0 Å². The van der Waals surface area contributed by atoms with Crippen molar-refractivity contribution < 1.29 is 4.79 Å². The molecule has 2 rings (SSSR count). The van der Waals surface area contributed by atoms with E-state index in [-0.39, 0.29) is 11.8 Å². The van der Waals surface area contributed by atoms with Gasteiger partial charge in [0.15, 0.2) is 5.78 Å². The van der Waals surface area contributed by atoms with Crippen molar-refractivity contribution in [3.63, 3.8) is 0 Å². The summed E-state index contributed by atoms with van der Waals surface area (Å²) in [6.07, 6.45) is 7.28. The second-order valence-electron chi connectivity index (χ2n) is 2.34. The standard InChI is InChI=1S/C8H7NO/c10-8-4-3-7(8)9-5-1-2-6-9/h1-7H. The van der Waals surface area contributed by atoms with Gasteiger partial charge in [-0.25, -0.2) is 0 Å². The topological polar surface area (TPSA) is 22.0 Å². The molecule has 1 heterocycles. The summed E-state index contributed by atoms with van der Waals surface area (Å²) < 4.78 is 1.89. The summed E-state index contributed by atoms with van der Waals surface area (Å²) in [5.74, 6) is 0.191. The van der Waals surface area contributed by atoms with Crippen LogP contribution in [0.25, 0.3) is 0 Å². The Hall–Kier alpha value is -1.31. The number of ketones is 1. The minimum absolute atomic E-state index is 0.0185. The molecule has 0 bridgehead atoms. The maximum atomic E-state index is 10.8. The van der Waals surface area contributed by atoms with E-state index in [1.165, 1.54) is 0 Å². The molecule has 1 aromatic rings. The van der Waals surface area contributed by atoms with E-state index in [1.54, 1.807) is 6.08 Å². The molecular weight excluding hydrogens is 126 g/mol. The van der Waals surface area contributed by atoms with Gasteiger partial charge in [0.2, 0.25) is 0 Å². The van der Waals surface area contributed by atoms with E-state index in [9.17, 15) is 4.79 Å². The normalized spacial score (nSPS) is 22.8. The molecule has 1 aliphatic carbocycles. The molecular formula is C8H7NO. The molecule has 1 aliphatic rings. The first kappa shape index (κ1) is 5.47. The van der Waals surface area contributed by atoms with E-state index in [0.29, 0.717) is 0 Å². The smallest absolute Gasteiger partial charge is 0.182 e. The molecule has 0 aromatic carbocycles. The van der Waals surface area contributed by atoms with Gasteiger partial charge in [0.25, 0.3) is 0 Å². The number of aromatic nitrogens is 1. The second kappa shape index (κ2) is 1.84. The fourth-order valence-electron chi connectivity index (χ4n) is 1.04. The van der Waals surface area contributed by atoms with Crippen molar-refractivity contribution in [3.05, 3.63) is 36.7 Å². The zero-order valence-corrected chi connectivity index (χ0v) is 5.40. The molecule has 0 aliphatic heterocycles. The molecule has 10 heavy (non-hydrogen) atoms. The highest BCUT2D eigenvalue weighted by atomic mass is 16.1. The Morgan fingerprint density at radius 3 is 2.40 bits per heavy atom. The zero-order valence-electron chi connectivity index (χ0n) is 5.40. The minimum atomic E-state index is -0.0185. The Morgan fingerprint density at radius 2 is 2.00 bits per heavy atom.